The molecule has 0 saturated heterocycles. The number of ketones is 1. The molecule has 5 heteroatoms. The van der Waals surface area contributed by atoms with E-state index < -0.39 is 23.8 Å². The Morgan fingerprint density at radius 2 is 2.00 bits per heavy atom. The molecule has 2 saturated carbocycles. The Morgan fingerprint density at radius 1 is 1.30 bits per heavy atom. The minimum absolute atomic E-state index is 0.120. The molecule has 0 radical (unpaired) electrons. The predicted octanol–water partition coefficient (Wildman–Crippen LogP) is 1.89. The molecule has 0 aromatic rings. The van der Waals surface area contributed by atoms with Gasteiger partial charge in [-0.2, -0.15) is 0 Å². The molecule has 2 aliphatic rings. The third kappa shape index (κ3) is 2.45. The van der Waals surface area contributed by atoms with Crippen molar-refractivity contribution in [2.45, 2.75) is 39.5 Å². The number of Topliss-reactive ketones (excluding diaryl/α,β-unsaturated/α-hetero) is 1. The van der Waals surface area contributed by atoms with Crippen LogP contribution in [-0.2, 0) is 19.1 Å². The lowest BCUT2D eigenvalue weighted by atomic mass is 9.62. The monoisotopic (exact) mass is 282 g/mol. The van der Waals surface area contributed by atoms with Crippen molar-refractivity contribution in [1.29, 1.82) is 0 Å². The fraction of sp³-hybridized carbons (Fsp3) is 0.800. The quantitative estimate of drug-likeness (QED) is 0.796. The van der Waals surface area contributed by atoms with E-state index in [0.29, 0.717) is 25.7 Å². The maximum Gasteiger partial charge on any atom is 0.310 e. The lowest BCUT2D eigenvalue weighted by molar-refractivity contribution is -0.167. The average Bonchev–Trinajstić information content (AvgIpc) is 2.78. The van der Waals surface area contributed by atoms with Crippen molar-refractivity contribution in [3.8, 4) is 0 Å². The van der Waals surface area contributed by atoms with Crippen LogP contribution in [0.1, 0.15) is 39.5 Å². The molecule has 5 nitrogen and oxygen atoms in total. The second-order valence-electron chi connectivity index (χ2n) is 5.82. The molecule has 0 aliphatic heterocycles. The number of hydrogen-bond acceptors (Lipinski definition) is 4. The summed E-state index contributed by atoms with van der Waals surface area (Å²) in [6.07, 6.45) is 2.36. The zero-order valence-electron chi connectivity index (χ0n) is 12.0. The minimum atomic E-state index is -0.937. The summed E-state index contributed by atoms with van der Waals surface area (Å²) in [6.45, 7) is 3.87. The number of carbonyl (C=O) groups is 3. The maximum absolute atomic E-state index is 12.2. The van der Waals surface area contributed by atoms with Crippen molar-refractivity contribution >= 4 is 17.7 Å². The first-order chi connectivity index (χ1) is 9.51. The van der Waals surface area contributed by atoms with Crippen LogP contribution in [0, 0.1) is 29.6 Å². The lowest BCUT2D eigenvalue weighted by Gasteiger charge is -2.40. The maximum atomic E-state index is 12.2. The van der Waals surface area contributed by atoms with Crippen LogP contribution < -0.4 is 0 Å². The summed E-state index contributed by atoms with van der Waals surface area (Å²) in [7, 11) is 0. The molecule has 0 aromatic heterocycles. The van der Waals surface area contributed by atoms with Crippen molar-refractivity contribution in [3.63, 3.8) is 0 Å². The number of fused-ring (bicyclic) bond motifs is 1. The van der Waals surface area contributed by atoms with Gasteiger partial charge in [0.05, 0.1) is 18.4 Å². The topological polar surface area (TPSA) is 80.7 Å². The summed E-state index contributed by atoms with van der Waals surface area (Å²) >= 11 is 0. The Labute approximate surface area is 118 Å². The molecular formula is C15H22O5. The van der Waals surface area contributed by atoms with E-state index in [1.807, 2.05) is 6.92 Å². The first kappa shape index (κ1) is 15.0. The second kappa shape index (κ2) is 5.94. The third-order valence-electron chi connectivity index (χ3n) is 4.94. The first-order valence-corrected chi connectivity index (χ1v) is 7.43. The Bertz CT molecular complexity index is 416. The van der Waals surface area contributed by atoms with Crippen molar-refractivity contribution in [1.82, 2.24) is 0 Å². The Hall–Kier alpha value is -1.39. The van der Waals surface area contributed by atoms with Gasteiger partial charge in [-0.15, -0.1) is 0 Å². The highest BCUT2D eigenvalue weighted by Crippen LogP contribution is 2.50. The van der Waals surface area contributed by atoms with E-state index in [4.69, 9.17) is 4.74 Å². The van der Waals surface area contributed by atoms with Gasteiger partial charge in [0, 0.05) is 12.3 Å². The molecule has 0 spiro atoms. The van der Waals surface area contributed by atoms with Crippen LogP contribution in [0.3, 0.4) is 0 Å². The number of esters is 1. The van der Waals surface area contributed by atoms with E-state index >= 15 is 0 Å². The number of hydrogen-bond donors (Lipinski definition) is 1. The smallest absolute Gasteiger partial charge is 0.310 e. The van der Waals surface area contributed by atoms with Gasteiger partial charge in [0.25, 0.3) is 0 Å². The highest BCUT2D eigenvalue weighted by atomic mass is 16.5. The predicted molar refractivity (Wildman–Crippen MR) is 70.9 cm³/mol. The van der Waals surface area contributed by atoms with Gasteiger partial charge < -0.3 is 9.84 Å². The molecule has 0 aromatic carbocycles. The molecule has 0 bridgehead atoms. The van der Waals surface area contributed by atoms with Crippen LogP contribution in [0.2, 0.25) is 0 Å². The molecule has 20 heavy (non-hydrogen) atoms. The Morgan fingerprint density at radius 3 is 2.55 bits per heavy atom. The van der Waals surface area contributed by atoms with E-state index in [2.05, 4.69) is 0 Å². The van der Waals surface area contributed by atoms with Gasteiger partial charge in [0.1, 0.15) is 5.78 Å². The molecule has 0 unspecified atom stereocenters. The number of ether oxygens (including phenoxy) is 1. The first-order valence-electron chi connectivity index (χ1n) is 7.43. The zero-order valence-corrected chi connectivity index (χ0v) is 12.0. The van der Waals surface area contributed by atoms with E-state index in [-0.39, 0.29) is 30.1 Å². The van der Waals surface area contributed by atoms with Crippen LogP contribution >= 0.6 is 0 Å². The summed E-state index contributed by atoms with van der Waals surface area (Å²) in [6, 6.07) is 0. The normalized spacial score (nSPS) is 36.5. The highest BCUT2D eigenvalue weighted by molar-refractivity contribution is 5.88. The fourth-order valence-electron chi connectivity index (χ4n) is 4.04. The van der Waals surface area contributed by atoms with E-state index in [9.17, 15) is 19.5 Å². The molecule has 2 aliphatic carbocycles. The molecule has 2 rings (SSSR count). The van der Waals surface area contributed by atoms with Crippen LogP contribution in [-0.4, -0.2) is 29.4 Å². The average molecular weight is 282 g/mol. The molecule has 2 fully saturated rings. The van der Waals surface area contributed by atoms with Gasteiger partial charge in [0.15, 0.2) is 0 Å². The van der Waals surface area contributed by atoms with Crippen LogP contribution in [0.4, 0.5) is 0 Å². The van der Waals surface area contributed by atoms with Crippen LogP contribution in [0.25, 0.3) is 0 Å². The molecule has 1 N–H and O–H groups in total. The molecule has 0 amide bonds. The standard InChI is InChI=1S/C15H22O5/c1-3-8-7-10-9(5-6-11(10)16)13(12(8)14(17)18)15(19)20-4-2/h8-10,12-13H,3-7H2,1-2H3,(H,17,18)/t8-,9+,10+,12+,13+/m1/s1. The molecule has 0 heterocycles. The summed E-state index contributed by atoms with van der Waals surface area (Å²) in [5.41, 5.74) is 0. The van der Waals surface area contributed by atoms with Crippen LogP contribution in [0.15, 0.2) is 0 Å². The number of carbonyl (C=O) groups excluding carboxylic acids is 2. The number of rotatable bonds is 4. The Kier molecular flexibility index (Phi) is 4.45. The van der Waals surface area contributed by atoms with Crippen LogP contribution in [0.5, 0.6) is 0 Å². The van der Waals surface area contributed by atoms with Gasteiger partial charge in [-0.25, -0.2) is 0 Å². The SMILES string of the molecule is CCOC(=O)[C@H]1[C@H]2CCC(=O)[C@H]2C[C@@H](CC)[C@@H]1C(=O)O. The number of carboxylic acids is 1. The summed E-state index contributed by atoms with van der Waals surface area (Å²) in [5.74, 6) is -2.99. The van der Waals surface area contributed by atoms with E-state index in [1.54, 1.807) is 6.92 Å². The van der Waals surface area contributed by atoms with E-state index in [0.717, 1.165) is 0 Å². The molecule has 5 atom stereocenters. The van der Waals surface area contributed by atoms with Gasteiger partial charge in [-0.1, -0.05) is 13.3 Å². The van der Waals surface area contributed by atoms with Crippen molar-refractivity contribution in [3.05, 3.63) is 0 Å². The fourth-order valence-corrected chi connectivity index (χ4v) is 4.04. The van der Waals surface area contributed by atoms with Crippen molar-refractivity contribution in [2.24, 2.45) is 29.6 Å². The molecule has 112 valence electrons. The van der Waals surface area contributed by atoms with Gasteiger partial charge >= 0.3 is 11.9 Å². The lowest BCUT2D eigenvalue weighted by Crippen LogP contribution is -2.47. The third-order valence-corrected chi connectivity index (χ3v) is 4.94. The number of aliphatic carboxylic acids is 1. The Balaban J connectivity index is 2.34. The summed E-state index contributed by atoms with van der Waals surface area (Å²) in [5, 5.41) is 9.52. The zero-order chi connectivity index (χ0) is 14.9. The minimum Gasteiger partial charge on any atom is -0.481 e. The second-order valence-corrected chi connectivity index (χ2v) is 5.82. The number of carboxylic acid groups (broad SMARTS) is 1. The van der Waals surface area contributed by atoms with Gasteiger partial charge in [0.2, 0.25) is 0 Å². The highest BCUT2D eigenvalue weighted by Gasteiger charge is 2.54. The van der Waals surface area contributed by atoms with Gasteiger partial charge in [-0.05, 0) is 31.6 Å². The summed E-state index contributed by atoms with van der Waals surface area (Å²) < 4.78 is 5.08. The summed E-state index contributed by atoms with van der Waals surface area (Å²) in [4.78, 5) is 35.8. The molecular weight excluding hydrogens is 260 g/mol. The van der Waals surface area contributed by atoms with Crippen molar-refractivity contribution in [2.75, 3.05) is 6.61 Å². The van der Waals surface area contributed by atoms with Gasteiger partial charge in [-0.3, -0.25) is 14.4 Å². The largest absolute Gasteiger partial charge is 0.481 e. The van der Waals surface area contributed by atoms with E-state index in [1.165, 1.54) is 0 Å². The van der Waals surface area contributed by atoms with Crippen molar-refractivity contribution < 1.29 is 24.2 Å².